The van der Waals surface area contributed by atoms with Gasteiger partial charge in [0, 0.05) is 23.2 Å². The van der Waals surface area contributed by atoms with Crippen LogP contribution in [0.5, 0.6) is 0 Å². The van der Waals surface area contributed by atoms with E-state index in [-0.39, 0.29) is 11.3 Å². The predicted molar refractivity (Wildman–Crippen MR) is 122 cm³/mol. The smallest absolute Gasteiger partial charge is 0.380 e. The van der Waals surface area contributed by atoms with E-state index in [1.165, 1.54) is 44.2 Å². The number of benzene rings is 2. The first-order chi connectivity index (χ1) is 16.2. The fourth-order valence-electron chi connectivity index (χ4n) is 4.11. The minimum Gasteiger partial charge on any atom is -0.380 e. The Labute approximate surface area is 199 Å². The SMILES string of the molecule is C=Cc1ccc(F)cc1C(C)(C)CC(O)(C(=O)Nc1ccc2c(c1)C(C)=NOC2C=O)C(F)(F)F. The van der Waals surface area contributed by atoms with Crippen LogP contribution >= 0.6 is 0 Å². The maximum Gasteiger partial charge on any atom is 0.426 e. The van der Waals surface area contributed by atoms with Crippen molar-refractivity contribution in [1.82, 2.24) is 0 Å². The Hall–Kier alpha value is -3.53. The molecule has 1 heterocycles. The molecule has 1 aliphatic rings. The molecule has 0 fully saturated rings. The highest BCUT2D eigenvalue weighted by Gasteiger charge is 2.61. The van der Waals surface area contributed by atoms with Crippen LogP contribution in [0.3, 0.4) is 0 Å². The summed E-state index contributed by atoms with van der Waals surface area (Å²) in [7, 11) is 0. The topological polar surface area (TPSA) is 88.0 Å². The van der Waals surface area contributed by atoms with Gasteiger partial charge in [-0.05, 0) is 47.7 Å². The van der Waals surface area contributed by atoms with E-state index < -0.39 is 41.4 Å². The van der Waals surface area contributed by atoms with Gasteiger partial charge in [0.25, 0.3) is 5.91 Å². The molecule has 1 aliphatic heterocycles. The number of hydrogen-bond acceptors (Lipinski definition) is 5. The average molecular weight is 492 g/mol. The van der Waals surface area contributed by atoms with Gasteiger partial charge < -0.3 is 15.3 Å². The van der Waals surface area contributed by atoms with Crippen LogP contribution in [-0.2, 0) is 19.8 Å². The second-order valence-corrected chi connectivity index (χ2v) is 8.95. The molecule has 2 atom stereocenters. The third-order valence-corrected chi connectivity index (χ3v) is 5.94. The maximum atomic E-state index is 14.1. The number of alkyl halides is 3. The van der Waals surface area contributed by atoms with E-state index in [9.17, 15) is 32.3 Å². The van der Waals surface area contributed by atoms with Gasteiger partial charge >= 0.3 is 6.18 Å². The van der Waals surface area contributed by atoms with Crippen molar-refractivity contribution in [1.29, 1.82) is 0 Å². The molecule has 0 bridgehead atoms. The van der Waals surface area contributed by atoms with Gasteiger partial charge in [-0.15, -0.1) is 0 Å². The van der Waals surface area contributed by atoms with Gasteiger partial charge in [0.1, 0.15) is 5.82 Å². The lowest BCUT2D eigenvalue weighted by Crippen LogP contribution is -2.57. The van der Waals surface area contributed by atoms with Crippen molar-refractivity contribution in [3.05, 3.63) is 71.0 Å². The number of anilines is 1. The fraction of sp³-hybridized carbons (Fsp3) is 0.320. The van der Waals surface area contributed by atoms with E-state index in [1.54, 1.807) is 6.92 Å². The lowest BCUT2D eigenvalue weighted by Gasteiger charge is -2.37. The lowest BCUT2D eigenvalue weighted by atomic mass is 9.73. The molecular weight excluding hydrogens is 468 g/mol. The van der Waals surface area contributed by atoms with E-state index >= 15 is 0 Å². The van der Waals surface area contributed by atoms with Gasteiger partial charge in [-0.2, -0.15) is 13.2 Å². The summed E-state index contributed by atoms with van der Waals surface area (Å²) in [5.41, 5.74) is -3.63. The van der Waals surface area contributed by atoms with Crippen molar-refractivity contribution in [3.8, 4) is 0 Å². The zero-order valence-corrected chi connectivity index (χ0v) is 19.2. The number of oxime groups is 1. The van der Waals surface area contributed by atoms with E-state index in [0.29, 0.717) is 28.7 Å². The first-order valence-electron chi connectivity index (χ1n) is 10.6. The molecule has 0 saturated heterocycles. The number of carbonyl (C=O) groups is 2. The minimum absolute atomic E-state index is 0.0483. The largest absolute Gasteiger partial charge is 0.426 e. The number of fused-ring (bicyclic) bond motifs is 1. The molecule has 10 heteroatoms. The summed E-state index contributed by atoms with van der Waals surface area (Å²) in [5.74, 6) is -2.38. The molecule has 186 valence electrons. The van der Waals surface area contributed by atoms with Gasteiger partial charge in [-0.3, -0.25) is 9.59 Å². The van der Waals surface area contributed by atoms with Gasteiger partial charge in [0.05, 0.1) is 5.71 Å². The van der Waals surface area contributed by atoms with Crippen molar-refractivity contribution < 1.29 is 37.1 Å². The van der Waals surface area contributed by atoms with Crippen LogP contribution in [0, 0.1) is 5.82 Å². The van der Waals surface area contributed by atoms with Crippen molar-refractivity contribution in [2.24, 2.45) is 5.16 Å². The second-order valence-electron chi connectivity index (χ2n) is 8.95. The van der Waals surface area contributed by atoms with Crippen molar-refractivity contribution in [2.45, 2.75) is 50.5 Å². The number of halogens is 4. The minimum atomic E-state index is -5.35. The molecule has 0 aliphatic carbocycles. The molecule has 6 nitrogen and oxygen atoms in total. The van der Waals surface area contributed by atoms with Gasteiger partial charge in [-0.25, -0.2) is 4.39 Å². The first kappa shape index (κ1) is 26.1. The summed E-state index contributed by atoms with van der Waals surface area (Å²) in [4.78, 5) is 29.1. The molecule has 0 radical (unpaired) electrons. The molecule has 2 unspecified atom stereocenters. The summed E-state index contributed by atoms with van der Waals surface area (Å²) < 4.78 is 56.3. The van der Waals surface area contributed by atoms with Gasteiger partial charge in [0.15, 0.2) is 6.29 Å². The summed E-state index contributed by atoms with van der Waals surface area (Å²) in [5, 5.41) is 16.6. The highest BCUT2D eigenvalue weighted by molar-refractivity contribution is 6.04. The molecule has 0 spiro atoms. The normalized spacial score (nSPS) is 17.4. The molecule has 0 saturated carbocycles. The Morgan fingerprint density at radius 2 is 1.91 bits per heavy atom. The Morgan fingerprint density at radius 3 is 2.51 bits per heavy atom. The average Bonchev–Trinajstić information content (AvgIpc) is 2.78. The van der Waals surface area contributed by atoms with Crippen LogP contribution in [0.4, 0.5) is 23.2 Å². The summed E-state index contributed by atoms with van der Waals surface area (Å²) >= 11 is 0. The van der Waals surface area contributed by atoms with E-state index in [0.717, 1.165) is 12.1 Å². The molecule has 2 N–H and O–H groups in total. The molecule has 3 rings (SSSR count). The van der Waals surface area contributed by atoms with E-state index in [1.807, 2.05) is 0 Å². The summed E-state index contributed by atoms with van der Waals surface area (Å²) in [6, 6.07) is 7.61. The standard InChI is InChI=1S/C25H24F4N2O4/c1-5-15-6-7-16(26)10-20(15)23(3,4)13-24(34,25(27,28)29)22(33)30-17-8-9-18-19(11-17)14(2)31-35-21(18)12-32/h5-12,21,34H,1,13H2,2-4H3,(H,30,33). The zero-order valence-electron chi connectivity index (χ0n) is 19.2. The number of aldehydes is 1. The molecule has 35 heavy (non-hydrogen) atoms. The fourth-order valence-corrected chi connectivity index (χ4v) is 4.11. The van der Waals surface area contributed by atoms with Crippen LogP contribution in [0.2, 0.25) is 0 Å². The molecule has 2 aromatic carbocycles. The number of rotatable bonds is 7. The number of amides is 1. The first-order valence-corrected chi connectivity index (χ1v) is 10.6. The number of hydrogen-bond donors (Lipinski definition) is 2. The monoisotopic (exact) mass is 492 g/mol. The van der Waals surface area contributed by atoms with Crippen molar-refractivity contribution in [3.63, 3.8) is 0 Å². The number of aliphatic hydroxyl groups is 1. The van der Waals surface area contributed by atoms with E-state index in [4.69, 9.17) is 4.84 Å². The van der Waals surface area contributed by atoms with Crippen molar-refractivity contribution in [2.75, 3.05) is 5.32 Å². The number of nitrogens with zero attached hydrogens (tertiary/aromatic N) is 1. The van der Waals surface area contributed by atoms with Crippen LogP contribution in [-0.4, -0.2) is 34.8 Å². The van der Waals surface area contributed by atoms with Gasteiger partial charge in [0.2, 0.25) is 11.7 Å². The summed E-state index contributed by atoms with van der Waals surface area (Å²) in [6.07, 6.45) is -5.56. The number of carbonyl (C=O) groups excluding carboxylic acids is 2. The van der Waals surface area contributed by atoms with Crippen molar-refractivity contribution >= 4 is 29.7 Å². The van der Waals surface area contributed by atoms with Crippen LogP contribution < -0.4 is 5.32 Å². The Morgan fingerprint density at radius 1 is 1.23 bits per heavy atom. The van der Waals surface area contributed by atoms with Crippen LogP contribution in [0.15, 0.2) is 48.1 Å². The Bertz CT molecular complexity index is 1210. The molecule has 2 aromatic rings. The van der Waals surface area contributed by atoms with Gasteiger partial charge in [-0.1, -0.05) is 43.8 Å². The molecule has 0 aromatic heterocycles. The molecule has 1 amide bonds. The Balaban J connectivity index is 1.97. The second kappa shape index (κ2) is 9.26. The van der Waals surface area contributed by atoms with Crippen LogP contribution in [0.1, 0.15) is 55.5 Å². The lowest BCUT2D eigenvalue weighted by molar-refractivity contribution is -0.254. The third kappa shape index (κ3) is 4.97. The molecular formula is C25H24F4N2O4. The van der Waals surface area contributed by atoms with Crippen LogP contribution in [0.25, 0.3) is 6.08 Å². The predicted octanol–water partition coefficient (Wildman–Crippen LogP) is 5.06. The van der Waals surface area contributed by atoms with E-state index in [2.05, 4.69) is 17.1 Å². The Kier molecular flexibility index (Phi) is 6.90. The quantitative estimate of drug-likeness (QED) is 0.418. The summed E-state index contributed by atoms with van der Waals surface area (Å²) in [6.45, 7) is 7.91. The highest BCUT2D eigenvalue weighted by Crippen LogP contribution is 2.43. The maximum absolute atomic E-state index is 14.1. The third-order valence-electron chi connectivity index (χ3n) is 5.94. The zero-order chi connectivity index (χ0) is 26.2. The highest BCUT2D eigenvalue weighted by atomic mass is 19.4. The number of nitrogens with one attached hydrogen (secondary N) is 1.